The van der Waals surface area contributed by atoms with Crippen molar-refractivity contribution in [1.82, 2.24) is 0 Å². The zero-order valence-electron chi connectivity index (χ0n) is 22.0. The second-order valence-corrected chi connectivity index (χ2v) is 22.2. The van der Waals surface area contributed by atoms with Crippen LogP contribution in [-0.4, -0.2) is 60.1 Å². The lowest BCUT2D eigenvalue weighted by Crippen LogP contribution is -2.57. The lowest BCUT2D eigenvalue weighted by atomic mass is 9.98. The van der Waals surface area contributed by atoms with Crippen LogP contribution < -0.4 is 0 Å². The van der Waals surface area contributed by atoms with Crippen molar-refractivity contribution in [3.8, 4) is 0 Å². The first-order chi connectivity index (χ1) is 14.7. The second-order valence-electron chi connectivity index (χ2n) is 11.3. The number of hydrogen-bond donors (Lipinski definition) is 0. The fraction of sp³-hybridized carbons (Fsp3) is 0.917. The van der Waals surface area contributed by atoms with E-state index in [9.17, 15) is 0 Å². The van der Waals surface area contributed by atoms with Crippen LogP contribution in [-0.2, 0) is 23.1 Å². The van der Waals surface area contributed by atoms with E-state index in [1.54, 1.807) is 0 Å². The summed E-state index contributed by atoms with van der Waals surface area (Å²) in [7, 11) is -3.58. The van der Waals surface area contributed by atoms with Crippen LogP contribution in [0.25, 0.3) is 0 Å². The molecule has 5 nitrogen and oxygen atoms in total. The Labute approximate surface area is 212 Å². The molecule has 188 valence electrons. The van der Waals surface area contributed by atoms with Crippen molar-refractivity contribution in [3.63, 3.8) is 0 Å². The summed E-state index contributed by atoms with van der Waals surface area (Å²) in [5, 5.41) is 0.216. The van der Waals surface area contributed by atoms with E-state index in [-0.39, 0.29) is 29.5 Å². The van der Waals surface area contributed by atoms with Crippen LogP contribution in [0.5, 0.6) is 0 Å². The van der Waals surface area contributed by atoms with Crippen LogP contribution in [0.1, 0.15) is 61.8 Å². The van der Waals surface area contributed by atoms with Gasteiger partial charge in [-0.3, -0.25) is 0 Å². The minimum Gasteiger partial charge on any atom is -0.413 e. The van der Waals surface area contributed by atoms with Crippen LogP contribution in [0.2, 0.25) is 36.3 Å². The molecule has 0 unspecified atom stereocenters. The highest BCUT2D eigenvalue weighted by Crippen LogP contribution is 2.40. The van der Waals surface area contributed by atoms with Gasteiger partial charge in [-0.25, -0.2) is 0 Å². The standard InChI is InChI=1S/C24H47IO5Si2/c1-11-32(12-2,13-3)30-22-19(26-17-20-21(22)29-24(7,8)28-20)16-18(25)14-15-27-31(9,10)23(4,5)6/h14,19-22H,11-13,15-17H2,1-10H3/b18-14-/t19-,20-,21-,22+/m1/s1. The molecule has 2 saturated heterocycles. The molecule has 0 aromatic heterocycles. The van der Waals surface area contributed by atoms with Gasteiger partial charge in [0.2, 0.25) is 0 Å². The van der Waals surface area contributed by atoms with Crippen molar-refractivity contribution in [1.29, 1.82) is 0 Å². The third-order valence-corrected chi connectivity index (χ3v) is 17.7. The lowest BCUT2D eigenvalue weighted by Gasteiger charge is -2.43. The highest BCUT2D eigenvalue weighted by atomic mass is 127. The van der Waals surface area contributed by atoms with E-state index in [0.29, 0.717) is 13.2 Å². The fourth-order valence-corrected chi connectivity index (χ4v) is 8.64. The molecule has 0 N–H and O–H groups in total. The smallest absolute Gasteiger partial charge is 0.192 e. The van der Waals surface area contributed by atoms with Crippen LogP contribution in [0.4, 0.5) is 0 Å². The zero-order valence-corrected chi connectivity index (χ0v) is 26.2. The van der Waals surface area contributed by atoms with Gasteiger partial charge in [-0.2, -0.15) is 0 Å². The molecule has 2 rings (SSSR count). The molecule has 2 aliphatic heterocycles. The highest BCUT2D eigenvalue weighted by Gasteiger charge is 2.53. The highest BCUT2D eigenvalue weighted by molar-refractivity contribution is 14.1. The Kier molecular flexibility index (Phi) is 10.1. The minimum absolute atomic E-state index is 0.0266. The number of halogens is 1. The summed E-state index contributed by atoms with van der Waals surface area (Å²) >= 11 is 2.44. The maximum Gasteiger partial charge on any atom is 0.192 e. The average molecular weight is 599 g/mol. The first-order valence-electron chi connectivity index (χ1n) is 12.3. The van der Waals surface area contributed by atoms with Gasteiger partial charge in [-0.1, -0.05) is 47.6 Å². The zero-order chi connectivity index (χ0) is 24.4. The molecule has 0 aromatic carbocycles. The third-order valence-electron chi connectivity index (χ3n) is 7.66. The number of fused-ring (bicyclic) bond motifs is 1. The Balaban J connectivity index is 2.15. The van der Waals surface area contributed by atoms with E-state index in [1.807, 2.05) is 13.8 Å². The molecule has 0 amide bonds. The van der Waals surface area contributed by atoms with Crippen LogP contribution in [0, 0.1) is 0 Å². The number of rotatable bonds is 10. The topological polar surface area (TPSA) is 46.2 Å². The third kappa shape index (κ3) is 7.12. The Morgan fingerprint density at radius 2 is 1.69 bits per heavy atom. The minimum atomic E-state index is -1.83. The van der Waals surface area contributed by atoms with Crippen molar-refractivity contribution in [2.75, 3.05) is 13.2 Å². The Bertz CT molecular complexity index is 635. The van der Waals surface area contributed by atoms with E-state index in [2.05, 4.69) is 83.3 Å². The van der Waals surface area contributed by atoms with Crippen molar-refractivity contribution >= 4 is 39.2 Å². The molecule has 0 saturated carbocycles. The van der Waals surface area contributed by atoms with Gasteiger partial charge < -0.3 is 23.1 Å². The van der Waals surface area contributed by atoms with Gasteiger partial charge >= 0.3 is 0 Å². The van der Waals surface area contributed by atoms with E-state index < -0.39 is 22.4 Å². The quantitative estimate of drug-likeness (QED) is 0.200. The summed E-state index contributed by atoms with van der Waals surface area (Å²) in [5.74, 6) is -0.593. The Morgan fingerprint density at radius 1 is 1.09 bits per heavy atom. The Morgan fingerprint density at radius 3 is 2.22 bits per heavy atom. The second kappa shape index (κ2) is 11.2. The molecule has 0 radical (unpaired) electrons. The molecule has 0 aromatic rings. The molecule has 2 fully saturated rings. The predicted molar refractivity (Wildman–Crippen MR) is 146 cm³/mol. The molecule has 0 bridgehead atoms. The molecule has 0 aliphatic carbocycles. The Hall–Kier alpha value is 0.704. The van der Waals surface area contributed by atoms with Crippen LogP contribution >= 0.6 is 22.6 Å². The lowest BCUT2D eigenvalue weighted by molar-refractivity contribution is -0.156. The van der Waals surface area contributed by atoms with Crippen molar-refractivity contribution in [2.45, 2.75) is 128 Å². The molecule has 2 aliphatic rings. The van der Waals surface area contributed by atoms with Gasteiger partial charge in [-0.05, 0) is 76.3 Å². The summed E-state index contributed by atoms with van der Waals surface area (Å²) in [6, 6.07) is 3.33. The van der Waals surface area contributed by atoms with Gasteiger partial charge in [0, 0.05) is 6.42 Å². The molecule has 4 atom stereocenters. The van der Waals surface area contributed by atoms with E-state index in [0.717, 1.165) is 24.6 Å². The molecule has 8 heteroatoms. The van der Waals surface area contributed by atoms with Crippen molar-refractivity contribution in [3.05, 3.63) is 9.66 Å². The normalized spacial score (nSPS) is 29.3. The average Bonchev–Trinajstić information content (AvgIpc) is 3.01. The maximum absolute atomic E-state index is 7.00. The summed E-state index contributed by atoms with van der Waals surface area (Å²) in [4.78, 5) is 0. The van der Waals surface area contributed by atoms with E-state index in [4.69, 9.17) is 23.1 Å². The molecular formula is C24H47IO5Si2. The van der Waals surface area contributed by atoms with E-state index >= 15 is 0 Å². The number of ether oxygens (including phenoxy) is 3. The van der Waals surface area contributed by atoms with Crippen LogP contribution in [0.3, 0.4) is 0 Å². The molecular weight excluding hydrogens is 551 g/mol. The summed E-state index contributed by atoms with van der Waals surface area (Å²) in [5.41, 5.74) is 0. The monoisotopic (exact) mass is 598 g/mol. The maximum atomic E-state index is 7.00. The number of hydrogen-bond acceptors (Lipinski definition) is 5. The first-order valence-corrected chi connectivity index (χ1v) is 18.8. The molecule has 32 heavy (non-hydrogen) atoms. The molecule has 2 heterocycles. The molecule has 0 spiro atoms. The SMILES string of the molecule is CC[Si](CC)(CC)O[C@@H]1[C@@H]2OC(C)(C)O[C@@H]2CO[C@@H]1C/C(I)=C/CO[Si](C)(C)C(C)(C)C. The summed E-state index contributed by atoms with van der Waals surface area (Å²) < 4.78 is 33.5. The van der Waals surface area contributed by atoms with Crippen molar-refractivity contribution < 1.29 is 23.1 Å². The largest absolute Gasteiger partial charge is 0.413 e. The van der Waals surface area contributed by atoms with Crippen molar-refractivity contribution in [2.24, 2.45) is 0 Å². The first kappa shape index (κ1) is 28.9. The summed E-state index contributed by atoms with van der Waals surface area (Å²) in [6.45, 7) is 23.4. The fourth-order valence-electron chi connectivity index (χ4n) is 4.23. The van der Waals surface area contributed by atoms with Gasteiger partial charge in [0.05, 0.1) is 19.3 Å². The predicted octanol–water partition coefficient (Wildman–Crippen LogP) is 7.03. The van der Waals surface area contributed by atoms with E-state index in [1.165, 1.54) is 3.58 Å². The van der Waals surface area contributed by atoms with Crippen LogP contribution in [0.15, 0.2) is 9.66 Å². The van der Waals surface area contributed by atoms with Gasteiger partial charge in [-0.15, -0.1) is 0 Å². The van der Waals surface area contributed by atoms with Gasteiger partial charge in [0.1, 0.15) is 18.3 Å². The van der Waals surface area contributed by atoms with Gasteiger partial charge in [0.25, 0.3) is 0 Å². The van der Waals surface area contributed by atoms with Gasteiger partial charge in [0.15, 0.2) is 22.4 Å². The summed E-state index contributed by atoms with van der Waals surface area (Å²) in [6.07, 6.45) is 2.77.